The van der Waals surface area contributed by atoms with Crippen LogP contribution in [0.15, 0.2) is 11.6 Å². The molecule has 0 bridgehead atoms. The number of hydrogen-bond acceptors (Lipinski definition) is 4. The van der Waals surface area contributed by atoms with E-state index in [9.17, 15) is 18.3 Å². The van der Waals surface area contributed by atoms with E-state index >= 15 is 0 Å². The van der Waals surface area contributed by atoms with Gasteiger partial charge in [-0.2, -0.15) is 0 Å². The number of aliphatic hydroxyl groups is 1. The highest BCUT2D eigenvalue weighted by Crippen LogP contribution is 2.20. The fourth-order valence-corrected chi connectivity index (χ4v) is 1.71. The first-order valence-corrected chi connectivity index (χ1v) is 7.89. The lowest BCUT2D eigenvalue weighted by atomic mass is 9.86. The van der Waals surface area contributed by atoms with Crippen LogP contribution in [0, 0.1) is 5.41 Å². The van der Waals surface area contributed by atoms with Gasteiger partial charge in [0, 0.05) is 18.1 Å². The zero-order valence-corrected chi connectivity index (χ0v) is 12.8. The summed E-state index contributed by atoms with van der Waals surface area (Å²) >= 11 is 0. The summed E-state index contributed by atoms with van der Waals surface area (Å²) < 4.78 is 22.6. The van der Waals surface area contributed by atoms with Gasteiger partial charge in [0.05, 0.1) is 11.4 Å². The molecule has 0 radical (unpaired) electrons. The Labute approximate surface area is 110 Å². The molecule has 5 heteroatoms. The minimum Gasteiger partial charge on any atom is -0.388 e. The summed E-state index contributed by atoms with van der Waals surface area (Å²) in [6, 6.07) is 0. The molecule has 0 amide bonds. The van der Waals surface area contributed by atoms with Crippen molar-refractivity contribution in [3.63, 3.8) is 0 Å². The van der Waals surface area contributed by atoms with Gasteiger partial charge in [-0.15, -0.1) is 0 Å². The Kier molecular flexibility index (Phi) is 5.75. The molecule has 0 aliphatic carbocycles. The standard InChI is InChI=1S/C13H24O4S/c1-9(7-10(2)18(6,16)17)11(14)8-12(15)13(3,4)5/h7,10-11,14H,8H2,1-6H3/b9-7-/t10-,11+/m1/s1. The SMILES string of the molecule is C/C(=C/[C@@H](C)S(C)(=O)=O)[C@@H](O)CC(=O)C(C)(C)C. The number of sulfone groups is 1. The van der Waals surface area contributed by atoms with E-state index < -0.39 is 26.6 Å². The third kappa shape index (κ3) is 5.78. The van der Waals surface area contributed by atoms with Crippen molar-refractivity contribution in [1.82, 2.24) is 0 Å². The molecule has 0 aromatic heterocycles. The van der Waals surface area contributed by atoms with E-state index in [0.717, 1.165) is 6.26 Å². The van der Waals surface area contributed by atoms with E-state index in [1.54, 1.807) is 34.6 Å². The first-order valence-electron chi connectivity index (χ1n) is 5.94. The number of ketones is 1. The summed E-state index contributed by atoms with van der Waals surface area (Å²) in [6.45, 7) is 8.57. The van der Waals surface area contributed by atoms with Crippen molar-refractivity contribution >= 4 is 15.6 Å². The maximum Gasteiger partial charge on any atom is 0.153 e. The van der Waals surface area contributed by atoms with Gasteiger partial charge in [-0.05, 0) is 19.4 Å². The second kappa shape index (κ2) is 5.97. The quantitative estimate of drug-likeness (QED) is 0.776. The van der Waals surface area contributed by atoms with Crippen molar-refractivity contribution in [3.8, 4) is 0 Å². The molecule has 0 fully saturated rings. The average molecular weight is 276 g/mol. The van der Waals surface area contributed by atoms with Crippen molar-refractivity contribution in [2.24, 2.45) is 5.41 Å². The smallest absolute Gasteiger partial charge is 0.153 e. The zero-order valence-electron chi connectivity index (χ0n) is 12.0. The van der Waals surface area contributed by atoms with Crippen molar-refractivity contribution in [3.05, 3.63) is 11.6 Å². The Bertz CT molecular complexity index is 426. The third-order valence-electron chi connectivity index (χ3n) is 2.91. The molecule has 0 saturated heterocycles. The summed E-state index contributed by atoms with van der Waals surface area (Å²) in [4.78, 5) is 11.8. The van der Waals surface area contributed by atoms with Crippen LogP contribution >= 0.6 is 0 Å². The third-order valence-corrected chi connectivity index (χ3v) is 4.40. The maximum atomic E-state index is 11.8. The number of carbonyl (C=O) groups excluding carboxylic acids is 1. The van der Waals surface area contributed by atoms with Gasteiger partial charge < -0.3 is 5.11 Å². The molecule has 0 aliphatic rings. The minimum atomic E-state index is -3.16. The number of hydrogen-bond donors (Lipinski definition) is 1. The van der Waals surface area contributed by atoms with Gasteiger partial charge in [0.15, 0.2) is 9.84 Å². The molecule has 0 saturated carbocycles. The Morgan fingerprint density at radius 2 is 1.78 bits per heavy atom. The summed E-state index contributed by atoms with van der Waals surface area (Å²) in [5.41, 5.74) is 0.0227. The van der Waals surface area contributed by atoms with E-state index in [1.807, 2.05) is 0 Å². The van der Waals surface area contributed by atoms with Crippen LogP contribution in [0.5, 0.6) is 0 Å². The lowest BCUT2D eigenvalue weighted by molar-refractivity contribution is -0.127. The second-order valence-electron chi connectivity index (χ2n) is 5.84. The van der Waals surface area contributed by atoms with Crippen LogP contribution in [0.1, 0.15) is 41.0 Å². The molecule has 1 N–H and O–H groups in total. The Morgan fingerprint density at radius 3 is 2.11 bits per heavy atom. The van der Waals surface area contributed by atoms with Gasteiger partial charge in [-0.25, -0.2) is 8.42 Å². The van der Waals surface area contributed by atoms with E-state index in [1.165, 1.54) is 6.08 Å². The Hall–Kier alpha value is -0.680. The van der Waals surface area contributed by atoms with Crippen LogP contribution in [-0.4, -0.2) is 36.9 Å². The number of Topliss-reactive ketones (excluding diaryl/α,β-unsaturated/α-hetero) is 1. The van der Waals surface area contributed by atoms with Gasteiger partial charge in [0.1, 0.15) is 5.78 Å². The number of aliphatic hydroxyl groups excluding tert-OH is 1. The first kappa shape index (κ1) is 17.3. The molecule has 0 spiro atoms. The van der Waals surface area contributed by atoms with Crippen LogP contribution in [0.4, 0.5) is 0 Å². The topological polar surface area (TPSA) is 71.4 Å². The molecule has 0 aliphatic heterocycles. The normalized spacial score (nSPS) is 17.4. The average Bonchev–Trinajstić information content (AvgIpc) is 2.14. The fraction of sp³-hybridized carbons (Fsp3) is 0.769. The molecule has 18 heavy (non-hydrogen) atoms. The molecular formula is C13H24O4S. The molecule has 0 rings (SSSR count). The van der Waals surface area contributed by atoms with Crippen LogP contribution in [0.3, 0.4) is 0 Å². The Morgan fingerprint density at radius 1 is 1.33 bits per heavy atom. The van der Waals surface area contributed by atoms with Gasteiger partial charge in [0.2, 0.25) is 0 Å². The van der Waals surface area contributed by atoms with E-state index in [-0.39, 0.29) is 12.2 Å². The molecule has 0 heterocycles. The van der Waals surface area contributed by atoms with E-state index in [4.69, 9.17) is 0 Å². The fourth-order valence-electron chi connectivity index (χ4n) is 1.25. The van der Waals surface area contributed by atoms with Crippen molar-refractivity contribution < 1.29 is 18.3 Å². The lowest BCUT2D eigenvalue weighted by Gasteiger charge is -2.20. The highest BCUT2D eigenvalue weighted by molar-refractivity contribution is 7.91. The summed E-state index contributed by atoms with van der Waals surface area (Å²) in [5.74, 6) is -0.0465. The molecule has 4 nitrogen and oxygen atoms in total. The number of rotatable bonds is 5. The molecule has 2 atom stereocenters. The summed E-state index contributed by atoms with van der Waals surface area (Å²) in [6.07, 6.45) is 1.74. The van der Waals surface area contributed by atoms with Gasteiger partial charge >= 0.3 is 0 Å². The zero-order chi connectivity index (χ0) is 14.7. The maximum absolute atomic E-state index is 11.8. The molecule has 0 aromatic rings. The number of carbonyl (C=O) groups is 1. The minimum absolute atomic E-state index is 0.0162. The van der Waals surface area contributed by atoms with E-state index in [0.29, 0.717) is 5.57 Å². The molecule has 0 unspecified atom stereocenters. The first-order chi connectivity index (χ1) is 7.85. The van der Waals surface area contributed by atoms with Crippen molar-refractivity contribution in [2.45, 2.75) is 52.4 Å². The van der Waals surface area contributed by atoms with Crippen LogP contribution in [0.2, 0.25) is 0 Å². The van der Waals surface area contributed by atoms with E-state index in [2.05, 4.69) is 0 Å². The van der Waals surface area contributed by atoms with Crippen molar-refractivity contribution in [2.75, 3.05) is 6.26 Å². The molecule has 0 aromatic carbocycles. The van der Waals surface area contributed by atoms with Crippen LogP contribution < -0.4 is 0 Å². The van der Waals surface area contributed by atoms with Gasteiger partial charge in [0.25, 0.3) is 0 Å². The molecular weight excluding hydrogens is 252 g/mol. The predicted octanol–water partition coefficient (Wildman–Crippen LogP) is 1.73. The monoisotopic (exact) mass is 276 g/mol. The molecule has 106 valence electrons. The second-order valence-corrected chi connectivity index (χ2v) is 8.24. The Balaban J connectivity index is 4.77. The van der Waals surface area contributed by atoms with Crippen LogP contribution in [0.25, 0.3) is 0 Å². The highest BCUT2D eigenvalue weighted by Gasteiger charge is 2.24. The van der Waals surface area contributed by atoms with Crippen LogP contribution in [-0.2, 0) is 14.6 Å². The van der Waals surface area contributed by atoms with Gasteiger partial charge in [-0.3, -0.25) is 4.79 Å². The predicted molar refractivity (Wildman–Crippen MR) is 73.1 cm³/mol. The van der Waals surface area contributed by atoms with Crippen molar-refractivity contribution in [1.29, 1.82) is 0 Å². The summed E-state index contributed by atoms with van der Waals surface area (Å²) in [7, 11) is -3.16. The summed E-state index contributed by atoms with van der Waals surface area (Å²) in [5, 5.41) is 9.23. The van der Waals surface area contributed by atoms with Gasteiger partial charge in [-0.1, -0.05) is 26.8 Å². The lowest BCUT2D eigenvalue weighted by Crippen LogP contribution is -2.26. The largest absolute Gasteiger partial charge is 0.388 e. The highest BCUT2D eigenvalue weighted by atomic mass is 32.2.